The summed E-state index contributed by atoms with van der Waals surface area (Å²) in [6, 6.07) is 6.20. The maximum atomic E-state index is 11.3. The zero-order valence-corrected chi connectivity index (χ0v) is 12.4. The van der Waals surface area contributed by atoms with E-state index in [4.69, 9.17) is 5.73 Å². The molecule has 0 saturated carbocycles. The first-order valence-corrected chi connectivity index (χ1v) is 7.31. The largest absolute Gasteiger partial charge is 0.368 e. The molecule has 0 heterocycles. The van der Waals surface area contributed by atoms with Gasteiger partial charge in [0.05, 0.1) is 11.0 Å². The summed E-state index contributed by atoms with van der Waals surface area (Å²) in [7, 11) is 0. The fraction of sp³-hybridized carbons (Fsp3) is 0.462. The average Bonchev–Trinajstić information content (AvgIpc) is 2.37. The number of nitrogens with one attached hydrogen (secondary N) is 1. The van der Waals surface area contributed by atoms with Gasteiger partial charge in [-0.15, -0.1) is 11.8 Å². The van der Waals surface area contributed by atoms with Crippen LogP contribution in [0.1, 0.15) is 20.3 Å². The van der Waals surface area contributed by atoms with Gasteiger partial charge in [0.25, 0.3) is 5.69 Å². The molecule has 1 aromatic rings. The van der Waals surface area contributed by atoms with Crippen molar-refractivity contribution in [2.24, 2.45) is 5.73 Å². The van der Waals surface area contributed by atoms with Crippen LogP contribution in [0, 0.1) is 10.1 Å². The van der Waals surface area contributed by atoms with Gasteiger partial charge in [-0.1, -0.05) is 13.8 Å². The van der Waals surface area contributed by atoms with Crippen molar-refractivity contribution in [3.05, 3.63) is 34.4 Å². The molecule has 0 aliphatic rings. The van der Waals surface area contributed by atoms with Crippen molar-refractivity contribution < 1.29 is 9.72 Å². The maximum absolute atomic E-state index is 11.3. The maximum Gasteiger partial charge on any atom is 0.269 e. The van der Waals surface area contributed by atoms with E-state index in [-0.39, 0.29) is 23.7 Å². The van der Waals surface area contributed by atoms with Gasteiger partial charge in [-0.05, 0) is 24.3 Å². The Kier molecular flexibility index (Phi) is 6.47. The highest BCUT2D eigenvalue weighted by molar-refractivity contribution is 7.99. The highest BCUT2D eigenvalue weighted by atomic mass is 32.2. The highest BCUT2D eigenvalue weighted by Crippen LogP contribution is 2.22. The number of carbonyl (C=O) groups is 1. The minimum atomic E-state index is -0.426. The van der Waals surface area contributed by atoms with E-state index >= 15 is 0 Å². The molecule has 0 aliphatic heterocycles. The van der Waals surface area contributed by atoms with E-state index in [1.807, 2.05) is 13.8 Å². The Morgan fingerprint density at radius 1 is 1.40 bits per heavy atom. The number of non-ortho nitro benzene ring substituents is 1. The molecule has 0 spiro atoms. The quantitative estimate of drug-likeness (QED) is 0.434. The molecule has 0 aromatic heterocycles. The van der Waals surface area contributed by atoms with Gasteiger partial charge in [-0.25, -0.2) is 0 Å². The van der Waals surface area contributed by atoms with Crippen LogP contribution in [0.5, 0.6) is 0 Å². The number of nitrogens with two attached hydrogens (primary N) is 1. The van der Waals surface area contributed by atoms with Gasteiger partial charge in [-0.3, -0.25) is 14.9 Å². The lowest BCUT2D eigenvalue weighted by Crippen LogP contribution is -2.44. The Balaban J connectivity index is 2.46. The number of nitro groups is 1. The van der Waals surface area contributed by atoms with Crippen LogP contribution in [-0.4, -0.2) is 28.7 Å². The molecule has 1 rings (SSSR count). The summed E-state index contributed by atoms with van der Waals surface area (Å²) in [5, 5.41) is 13.6. The van der Waals surface area contributed by atoms with Crippen molar-refractivity contribution in [2.45, 2.75) is 37.2 Å². The van der Waals surface area contributed by atoms with Crippen LogP contribution in [0.2, 0.25) is 0 Å². The number of nitrogens with zero attached hydrogens (tertiary/aromatic N) is 1. The standard InChI is InChI=1S/C13H19N3O3S/c1-9(2)15-12(13(14)17)7-8-20-11-5-3-10(4-6-11)16(18)19/h3-6,9,12,15H,7-8H2,1-2H3,(H2,14,17). The van der Waals surface area contributed by atoms with E-state index in [0.29, 0.717) is 12.2 Å². The summed E-state index contributed by atoms with van der Waals surface area (Å²) in [6.07, 6.45) is 0.620. The fourth-order valence-corrected chi connectivity index (χ4v) is 2.59. The third-order valence-corrected chi connectivity index (χ3v) is 3.65. The number of primary amides is 1. The molecule has 110 valence electrons. The van der Waals surface area contributed by atoms with Gasteiger partial charge in [0, 0.05) is 23.1 Å². The fourth-order valence-electron chi connectivity index (χ4n) is 1.67. The van der Waals surface area contributed by atoms with Crippen LogP contribution in [-0.2, 0) is 4.79 Å². The lowest BCUT2D eigenvalue weighted by Gasteiger charge is -2.17. The number of benzene rings is 1. The summed E-state index contributed by atoms with van der Waals surface area (Å²) in [5.41, 5.74) is 5.41. The zero-order chi connectivity index (χ0) is 15.1. The number of hydrogen-bond donors (Lipinski definition) is 2. The first kappa shape index (κ1) is 16.5. The molecule has 0 aliphatic carbocycles. The van der Waals surface area contributed by atoms with Crippen LogP contribution >= 0.6 is 11.8 Å². The van der Waals surface area contributed by atoms with Gasteiger partial charge in [-0.2, -0.15) is 0 Å². The SMILES string of the molecule is CC(C)NC(CCSc1ccc([N+](=O)[O-])cc1)C(N)=O. The molecule has 1 amide bonds. The first-order chi connectivity index (χ1) is 9.40. The first-order valence-electron chi connectivity index (χ1n) is 6.32. The monoisotopic (exact) mass is 297 g/mol. The molecule has 0 radical (unpaired) electrons. The molecule has 3 N–H and O–H groups in total. The number of hydrogen-bond acceptors (Lipinski definition) is 5. The molecule has 1 unspecified atom stereocenters. The Morgan fingerprint density at radius 3 is 2.45 bits per heavy atom. The van der Waals surface area contributed by atoms with E-state index in [2.05, 4.69) is 5.32 Å². The number of amides is 1. The van der Waals surface area contributed by atoms with E-state index in [9.17, 15) is 14.9 Å². The van der Waals surface area contributed by atoms with Crippen LogP contribution < -0.4 is 11.1 Å². The Labute approximate surface area is 122 Å². The van der Waals surface area contributed by atoms with Crippen molar-refractivity contribution in [1.29, 1.82) is 0 Å². The van der Waals surface area contributed by atoms with Crippen molar-refractivity contribution >= 4 is 23.4 Å². The summed E-state index contributed by atoms with van der Waals surface area (Å²) < 4.78 is 0. The molecule has 6 nitrogen and oxygen atoms in total. The number of nitro benzene ring substituents is 1. The third kappa shape index (κ3) is 5.58. The highest BCUT2D eigenvalue weighted by Gasteiger charge is 2.15. The normalized spacial score (nSPS) is 12.3. The smallest absolute Gasteiger partial charge is 0.269 e. The van der Waals surface area contributed by atoms with Crippen molar-refractivity contribution in [3.63, 3.8) is 0 Å². The van der Waals surface area contributed by atoms with E-state index in [1.165, 1.54) is 12.1 Å². The molecule has 20 heavy (non-hydrogen) atoms. The number of rotatable bonds is 8. The van der Waals surface area contributed by atoms with Crippen molar-refractivity contribution in [1.82, 2.24) is 5.32 Å². The number of thioether (sulfide) groups is 1. The van der Waals surface area contributed by atoms with Crippen LogP contribution in [0.15, 0.2) is 29.2 Å². The summed E-state index contributed by atoms with van der Waals surface area (Å²) in [4.78, 5) is 22.3. The second-order valence-corrected chi connectivity index (χ2v) is 5.83. The predicted molar refractivity (Wildman–Crippen MR) is 79.7 cm³/mol. The van der Waals surface area contributed by atoms with Crippen LogP contribution in [0.4, 0.5) is 5.69 Å². The lowest BCUT2D eigenvalue weighted by atomic mass is 10.2. The molecular formula is C13H19N3O3S. The molecular weight excluding hydrogens is 278 g/mol. The molecule has 0 fully saturated rings. The zero-order valence-electron chi connectivity index (χ0n) is 11.5. The van der Waals surface area contributed by atoms with Gasteiger partial charge in [0.1, 0.15) is 0 Å². The minimum absolute atomic E-state index is 0.0748. The second kappa shape index (κ2) is 7.86. The lowest BCUT2D eigenvalue weighted by molar-refractivity contribution is -0.384. The number of carbonyl (C=O) groups excluding carboxylic acids is 1. The van der Waals surface area contributed by atoms with Gasteiger partial charge >= 0.3 is 0 Å². The van der Waals surface area contributed by atoms with E-state index < -0.39 is 4.92 Å². The minimum Gasteiger partial charge on any atom is -0.368 e. The average molecular weight is 297 g/mol. The topological polar surface area (TPSA) is 98.3 Å². The molecule has 0 saturated heterocycles. The van der Waals surface area contributed by atoms with Crippen LogP contribution in [0.25, 0.3) is 0 Å². The Bertz CT molecular complexity index is 462. The van der Waals surface area contributed by atoms with Gasteiger partial charge in [0.2, 0.25) is 5.91 Å². The summed E-state index contributed by atoms with van der Waals surface area (Å²) in [5.74, 6) is 0.355. The van der Waals surface area contributed by atoms with E-state index in [1.54, 1.807) is 23.9 Å². The summed E-state index contributed by atoms with van der Waals surface area (Å²) >= 11 is 1.54. The Morgan fingerprint density at radius 2 is 2.00 bits per heavy atom. The predicted octanol–water partition coefficient (Wildman–Crippen LogP) is 1.93. The Hall–Kier alpha value is -1.60. The van der Waals surface area contributed by atoms with Crippen molar-refractivity contribution in [2.75, 3.05) is 5.75 Å². The summed E-state index contributed by atoms with van der Waals surface area (Å²) in [6.45, 7) is 3.92. The molecule has 0 bridgehead atoms. The van der Waals surface area contributed by atoms with Gasteiger partial charge in [0.15, 0.2) is 0 Å². The van der Waals surface area contributed by atoms with E-state index in [0.717, 1.165) is 4.90 Å². The van der Waals surface area contributed by atoms with Crippen LogP contribution in [0.3, 0.4) is 0 Å². The third-order valence-electron chi connectivity index (χ3n) is 2.60. The van der Waals surface area contributed by atoms with Crippen molar-refractivity contribution in [3.8, 4) is 0 Å². The second-order valence-electron chi connectivity index (χ2n) is 4.66. The molecule has 1 atom stereocenters. The van der Waals surface area contributed by atoms with Gasteiger partial charge < -0.3 is 11.1 Å². The molecule has 1 aromatic carbocycles. The molecule has 7 heteroatoms.